The maximum Gasteiger partial charge on any atom is 0.300 e. The predicted molar refractivity (Wildman–Crippen MR) is 126 cm³/mol. The van der Waals surface area contributed by atoms with Crippen molar-refractivity contribution < 1.29 is 24.5 Å². The molecule has 0 aromatic heterocycles. The monoisotopic (exact) mass is 443 g/mol. The molecule has 1 aliphatic rings. The van der Waals surface area contributed by atoms with Crippen molar-refractivity contribution in [2.75, 3.05) is 12.0 Å². The van der Waals surface area contributed by atoms with Gasteiger partial charge >= 0.3 is 0 Å². The second kappa shape index (κ2) is 8.82. The first-order valence-electron chi connectivity index (χ1n) is 10.7. The van der Waals surface area contributed by atoms with E-state index in [0.29, 0.717) is 28.5 Å². The van der Waals surface area contributed by atoms with Crippen molar-refractivity contribution in [1.29, 1.82) is 0 Å². The Bertz CT molecular complexity index is 1230. The SMILES string of the molecule is COc1ccc(/C(O)=C2/C(=O)C(=O)N(c3ccc(C(C)C)cc3)C2c2cccc(O)c2)cc1. The van der Waals surface area contributed by atoms with Gasteiger partial charge in [0.25, 0.3) is 11.7 Å². The first-order valence-corrected chi connectivity index (χ1v) is 10.7. The Morgan fingerprint density at radius 1 is 0.970 bits per heavy atom. The third-order valence-corrected chi connectivity index (χ3v) is 5.83. The molecule has 1 unspecified atom stereocenters. The molecule has 1 atom stereocenters. The van der Waals surface area contributed by atoms with Gasteiger partial charge in [-0.3, -0.25) is 14.5 Å². The lowest BCUT2D eigenvalue weighted by Crippen LogP contribution is -2.29. The topological polar surface area (TPSA) is 87.1 Å². The van der Waals surface area contributed by atoms with E-state index in [1.807, 2.05) is 12.1 Å². The van der Waals surface area contributed by atoms with Gasteiger partial charge in [0.05, 0.1) is 18.7 Å². The Kier molecular flexibility index (Phi) is 5.92. The summed E-state index contributed by atoms with van der Waals surface area (Å²) in [5, 5.41) is 21.2. The fraction of sp³-hybridized carbons (Fsp3) is 0.185. The summed E-state index contributed by atoms with van der Waals surface area (Å²) in [5.74, 6) is -0.906. The molecule has 168 valence electrons. The van der Waals surface area contributed by atoms with Gasteiger partial charge in [0.2, 0.25) is 0 Å². The highest BCUT2D eigenvalue weighted by Gasteiger charge is 2.47. The number of benzene rings is 3. The van der Waals surface area contributed by atoms with Crippen molar-refractivity contribution in [1.82, 2.24) is 0 Å². The molecule has 3 aromatic carbocycles. The number of ketones is 1. The average molecular weight is 443 g/mol. The molecule has 1 saturated heterocycles. The molecule has 1 aliphatic heterocycles. The number of rotatable bonds is 5. The molecule has 6 nitrogen and oxygen atoms in total. The molecule has 1 amide bonds. The second-order valence-corrected chi connectivity index (χ2v) is 8.24. The van der Waals surface area contributed by atoms with Gasteiger partial charge < -0.3 is 14.9 Å². The van der Waals surface area contributed by atoms with Gasteiger partial charge in [-0.2, -0.15) is 0 Å². The summed E-state index contributed by atoms with van der Waals surface area (Å²) in [6.07, 6.45) is 0. The van der Waals surface area contributed by atoms with Crippen molar-refractivity contribution in [2.45, 2.75) is 25.8 Å². The smallest absolute Gasteiger partial charge is 0.300 e. The maximum atomic E-state index is 13.2. The summed E-state index contributed by atoms with van der Waals surface area (Å²) < 4.78 is 5.16. The summed E-state index contributed by atoms with van der Waals surface area (Å²) in [6.45, 7) is 4.14. The highest BCUT2D eigenvalue weighted by molar-refractivity contribution is 6.51. The van der Waals surface area contributed by atoms with Crippen LogP contribution in [0, 0.1) is 0 Å². The van der Waals surface area contributed by atoms with Gasteiger partial charge in [-0.25, -0.2) is 0 Å². The molecular formula is C27H25NO5. The molecular weight excluding hydrogens is 418 g/mol. The molecule has 0 spiro atoms. The zero-order valence-electron chi connectivity index (χ0n) is 18.6. The summed E-state index contributed by atoms with van der Waals surface area (Å²) in [5.41, 5.74) is 2.49. The van der Waals surface area contributed by atoms with E-state index in [-0.39, 0.29) is 17.1 Å². The van der Waals surface area contributed by atoms with Gasteiger partial charge in [-0.15, -0.1) is 0 Å². The first kappa shape index (κ1) is 22.1. The lowest BCUT2D eigenvalue weighted by Gasteiger charge is -2.26. The van der Waals surface area contributed by atoms with Crippen molar-refractivity contribution in [2.24, 2.45) is 0 Å². The van der Waals surface area contributed by atoms with E-state index in [9.17, 15) is 19.8 Å². The highest BCUT2D eigenvalue weighted by atomic mass is 16.5. The lowest BCUT2D eigenvalue weighted by atomic mass is 9.94. The molecule has 0 saturated carbocycles. The zero-order chi connectivity index (χ0) is 23.7. The van der Waals surface area contributed by atoms with Crippen LogP contribution in [0.2, 0.25) is 0 Å². The molecule has 4 rings (SSSR count). The Morgan fingerprint density at radius 2 is 1.64 bits per heavy atom. The second-order valence-electron chi connectivity index (χ2n) is 8.24. The number of anilines is 1. The molecule has 0 aliphatic carbocycles. The van der Waals surface area contributed by atoms with E-state index in [1.165, 1.54) is 24.1 Å². The molecule has 3 aromatic rings. The number of aliphatic hydroxyl groups is 1. The molecule has 1 heterocycles. The van der Waals surface area contributed by atoms with Crippen molar-refractivity contribution in [3.8, 4) is 11.5 Å². The molecule has 6 heteroatoms. The number of hydrogen-bond donors (Lipinski definition) is 2. The maximum absolute atomic E-state index is 13.2. The number of aromatic hydroxyl groups is 1. The first-order chi connectivity index (χ1) is 15.8. The van der Waals surface area contributed by atoms with Crippen LogP contribution in [0.5, 0.6) is 11.5 Å². The summed E-state index contributed by atoms with van der Waals surface area (Å²) in [4.78, 5) is 27.7. The predicted octanol–water partition coefficient (Wildman–Crippen LogP) is 5.15. The minimum absolute atomic E-state index is 0.00214. The molecule has 2 N–H and O–H groups in total. The zero-order valence-corrected chi connectivity index (χ0v) is 18.6. The van der Waals surface area contributed by atoms with E-state index < -0.39 is 17.7 Å². The molecule has 0 radical (unpaired) electrons. The molecule has 33 heavy (non-hydrogen) atoms. The van der Waals surface area contributed by atoms with Crippen LogP contribution in [0.1, 0.15) is 42.5 Å². The van der Waals surface area contributed by atoms with Crippen LogP contribution in [0.15, 0.2) is 78.4 Å². The lowest BCUT2D eigenvalue weighted by molar-refractivity contribution is -0.132. The molecule has 1 fully saturated rings. The number of phenols is 1. The Balaban J connectivity index is 1.89. The number of methoxy groups -OCH3 is 1. The van der Waals surface area contributed by atoms with Gasteiger partial charge in [-0.05, 0) is 65.6 Å². The third-order valence-electron chi connectivity index (χ3n) is 5.83. The number of ether oxygens (including phenoxy) is 1. The number of aliphatic hydroxyl groups excluding tert-OH is 1. The Hall–Kier alpha value is -4.06. The van der Waals surface area contributed by atoms with E-state index in [4.69, 9.17) is 4.74 Å². The molecule has 0 bridgehead atoms. The van der Waals surface area contributed by atoms with E-state index in [2.05, 4.69) is 13.8 Å². The highest BCUT2D eigenvalue weighted by Crippen LogP contribution is 2.43. The van der Waals surface area contributed by atoms with Crippen LogP contribution in [0.4, 0.5) is 5.69 Å². The van der Waals surface area contributed by atoms with E-state index >= 15 is 0 Å². The fourth-order valence-electron chi connectivity index (χ4n) is 4.03. The van der Waals surface area contributed by atoms with Gasteiger partial charge in [0, 0.05) is 11.3 Å². The number of Topliss-reactive ketones (excluding diaryl/α,β-unsaturated/α-hetero) is 1. The summed E-state index contributed by atoms with van der Waals surface area (Å²) in [6, 6.07) is 19.5. The van der Waals surface area contributed by atoms with Crippen LogP contribution >= 0.6 is 0 Å². The van der Waals surface area contributed by atoms with Gasteiger partial charge in [-0.1, -0.05) is 38.1 Å². The van der Waals surface area contributed by atoms with Crippen molar-refractivity contribution in [3.05, 3.63) is 95.1 Å². The summed E-state index contributed by atoms with van der Waals surface area (Å²) in [7, 11) is 1.53. The summed E-state index contributed by atoms with van der Waals surface area (Å²) >= 11 is 0. The number of hydrogen-bond acceptors (Lipinski definition) is 5. The number of amides is 1. The minimum Gasteiger partial charge on any atom is -0.508 e. The number of nitrogens with zero attached hydrogens (tertiary/aromatic N) is 1. The van der Waals surface area contributed by atoms with Crippen LogP contribution in [-0.2, 0) is 9.59 Å². The van der Waals surface area contributed by atoms with Gasteiger partial charge in [0.1, 0.15) is 17.3 Å². The van der Waals surface area contributed by atoms with E-state index in [1.54, 1.807) is 48.5 Å². The number of phenolic OH excluding ortho intramolecular Hbond substituents is 1. The largest absolute Gasteiger partial charge is 0.508 e. The Morgan fingerprint density at radius 3 is 2.21 bits per heavy atom. The van der Waals surface area contributed by atoms with Crippen molar-refractivity contribution >= 4 is 23.1 Å². The van der Waals surface area contributed by atoms with Crippen molar-refractivity contribution in [3.63, 3.8) is 0 Å². The normalized spacial score (nSPS) is 17.6. The van der Waals surface area contributed by atoms with Gasteiger partial charge in [0.15, 0.2) is 0 Å². The Labute approximate surface area is 192 Å². The van der Waals surface area contributed by atoms with Crippen LogP contribution in [0.25, 0.3) is 5.76 Å². The standard InChI is InChI=1S/C27H25NO5/c1-16(2)17-7-11-20(12-8-17)28-24(19-5-4-6-21(29)15-19)23(26(31)27(28)32)25(30)18-9-13-22(33-3)14-10-18/h4-16,24,29-30H,1-3H3/b25-23-. The fourth-order valence-corrected chi connectivity index (χ4v) is 4.03. The van der Waals surface area contributed by atoms with Crippen LogP contribution < -0.4 is 9.64 Å². The van der Waals surface area contributed by atoms with Crippen LogP contribution in [0.3, 0.4) is 0 Å². The van der Waals surface area contributed by atoms with E-state index in [0.717, 1.165) is 5.56 Å². The number of carbonyl (C=O) groups is 2. The quantitative estimate of drug-likeness (QED) is 0.324. The van der Waals surface area contributed by atoms with Crippen LogP contribution in [-0.4, -0.2) is 29.0 Å². The number of carbonyl (C=O) groups excluding carboxylic acids is 2. The third kappa shape index (κ3) is 4.07. The minimum atomic E-state index is -0.899. The average Bonchev–Trinajstić information content (AvgIpc) is 3.09.